The molecule has 0 aliphatic carbocycles. The SMILES string of the molecule is Cc1ccccc1C(C)(CO)Cc1ccc(Cl)cc1. The molecule has 0 saturated heterocycles. The molecule has 1 nitrogen and oxygen atoms in total. The highest BCUT2D eigenvalue weighted by Crippen LogP contribution is 2.30. The van der Waals surface area contributed by atoms with Crippen LogP contribution in [0.1, 0.15) is 23.6 Å². The van der Waals surface area contributed by atoms with Gasteiger partial charge < -0.3 is 5.11 Å². The average Bonchev–Trinajstić information content (AvgIpc) is 2.42. The summed E-state index contributed by atoms with van der Waals surface area (Å²) < 4.78 is 0. The van der Waals surface area contributed by atoms with Gasteiger partial charge in [0.05, 0.1) is 6.61 Å². The van der Waals surface area contributed by atoms with E-state index in [1.807, 2.05) is 36.4 Å². The molecule has 100 valence electrons. The van der Waals surface area contributed by atoms with Crippen molar-refractivity contribution in [2.45, 2.75) is 25.7 Å². The van der Waals surface area contributed by atoms with E-state index >= 15 is 0 Å². The molecule has 0 aliphatic heterocycles. The van der Waals surface area contributed by atoms with Gasteiger partial charge in [0.25, 0.3) is 0 Å². The Hall–Kier alpha value is -1.31. The van der Waals surface area contributed by atoms with Gasteiger partial charge in [-0.2, -0.15) is 0 Å². The first-order chi connectivity index (χ1) is 9.05. The highest BCUT2D eigenvalue weighted by atomic mass is 35.5. The molecule has 2 heteroatoms. The Balaban J connectivity index is 2.33. The average molecular weight is 275 g/mol. The molecule has 0 fully saturated rings. The van der Waals surface area contributed by atoms with Crippen molar-refractivity contribution < 1.29 is 5.11 Å². The number of rotatable bonds is 4. The van der Waals surface area contributed by atoms with E-state index in [1.54, 1.807) is 0 Å². The first kappa shape index (κ1) is 14.1. The van der Waals surface area contributed by atoms with Crippen LogP contribution in [0, 0.1) is 6.92 Å². The van der Waals surface area contributed by atoms with E-state index in [1.165, 1.54) is 16.7 Å². The summed E-state index contributed by atoms with van der Waals surface area (Å²) in [5.41, 5.74) is 3.34. The van der Waals surface area contributed by atoms with Crippen LogP contribution in [0.15, 0.2) is 48.5 Å². The summed E-state index contributed by atoms with van der Waals surface area (Å²) in [6.45, 7) is 4.32. The van der Waals surface area contributed by atoms with Crippen LogP contribution in [0.4, 0.5) is 0 Å². The molecular formula is C17H19ClO. The number of aliphatic hydroxyl groups excluding tert-OH is 1. The van der Waals surface area contributed by atoms with E-state index in [4.69, 9.17) is 11.6 Å². The lowest BCUT2D eigenvalue weighted by atomic mass is 9.76. The first-order valence-corrected chi connectivity index (χ1v) is 6.84. The maximum Gasteiger partial charge on any atom is 0.0528 e. The number of benzene rings is 2. The Kier molecular flexibility index (Phi) is 4.28. The lowest BCUT2D eigenvalue weighted by Crippen LogP contribution is -2.30. The number of aliphatic hydroxyl groups is 1. The number of hydrogen-bond acceptors (Lipinski definition) is 1. The van der Waals surface area contributed by atoms with Gasteiger partial charge in [-0.1, -0.05) is 54.9 Å². The third-order valence-electron chi connectivity index (χ3n) is 3.65. The van der Waals surface area contributed by atoms with Gasteiger partial charge in [0, 0.05) is 10.4 Å². The fraction of sp³-hybridized carbons (Fsp3) is 0.294. The lowest BCUT2D eigenvalue weighted by Gasteiger charge is -2.29. The highest BCUT2D eigenvalue weighted by molar-refractivity contribution is 6.30. The van der Waals surface area contributed by atoms with Crippen LogP contribution in [0.25, 0.3) is 0 Å². The van der Waals surface area contributed by atoms with Gasteiger partial charge in [0.2, 0.25) is 0 Å². The molecule has 1 atom stereocenters. The number of halogens is 1. The second-order valence-corrected chi connectivity index (χ2v) is 5.77. The van der Waals surface area contributed by atoms with Gasteiger partial charge in [-0.05, 0) is 42.2 Å². The van der Waals surface area contributed by atoms with Crippen molar-refractivity contribution in [2.24, 2.45) is 0 Å². The predicted molar refractivity (Wildman–Crippen MR) is 80.8 cm³/mol. The van der Waals surface area contributed by atoms with Crippen LogP contribution in [0.2, 0.25) is 5.02 Å². The van der Waals surface area contributed by atoms with Gasteiger partial charge in [-0.3, -0.25) is 0 Å². The molecular weight excluding hydrogens is 256 g/mol. The van der Waals surface area contributed by atoms with Crippen LogP contribution in [0.5, 0.6) is 0 Å². The molecule has 0 heterocycles. The number of hydrogen-bond donors (Lipinski definition) is 1. The topological polar surface area (TPSA) is 20.2 Å². The normalized spacial score (nSPS) is 14.1. The largest absolute Gasteiger partial charge is 0.395 e. The molecule has 2 aromatic carbocycles. The molecule has 0 radical (unpaired) electrons. The standard InChI is InChI=1S/C17H19ClO/c1-13-5-3-4-6-16(13)17(2,12-19)11-14-7-9-15(18)10-8-14/h3-10,19H,11-12H2,1-2H3. The maximum absolute atomic E-state index is 9.85. The second kappa shape index (κ2) is 5.77. The second-order valence-electron chi connectivity index (χ2n) is 5.34. The summed E-state index contributed by atoms with van der Waals surface area (Å²) in [7, 11) is 0. The number of aryl methyl sites for hydroxylation is 1. The van der Waals surface area contributed by atoms with E-state index in [0.29, 0.717) is 0 Å². The molecule has 2 rings (SSSR count). The van der Waals surface area contributed by atoms with Crippen LogP contribution >= 0.6 is 11.6 Å². The Labute approximate surface area is 119 Å². The van der Waals surface area contributed by atoms with Gasteiger partial charge in [0.15, 0.2) is 0 Å². The molecule has 0 aromatic heterocycles. The zero-order chi connectivity index (χ0) is 13.9. The van der Waals surface area contributed by atoms with Gasteiger partial charge in [0.1, 0.15) is 0 Å². The summed E-state index contributed by atoms with van der Waals surface area (Å²) in [4.78, 5) is 0. The Morgan fingerprint density at radius 3 is 2.26 bits per heavy atom. The molecule has 0 aliphatic rings. The fourth-order valence-corrected chi connectivity index (χ4v) is 2.67. The molecule has 0 saturated carbocycles. The smallest absolute Gasteiger partial charge is 0.0528 e. The van der Waals surface area contributed by atoms with E-state index in [-0.39, 0.29) is 12.0 Å². The van der Waals surface area contributed by atoms with Crippen LogP contribution in [-0.2, 0) is 11.8 Å². The van der Waals surface area contributed by atoms with Gasteiger partial charge >= 0.3 is 0 Å². The van der Waals surface area contributed by atoms with Crippen molar-refractivity contribution in [3.63, 3.8) is 0 Å². The first-order valence-electron chi connectivity index (χ1n) is 6.46. The minimum Gasteiger partial charge on any atom is -0.395 e. The van der Waals surface area contributed by atoms with Crippen LogP contribution in [-0.4, -0.2) is 11.7 Å². The van der Waals surface area contributed by atoms with Crippen molar-refractivity contribution in [3.05, 3.63) is 70.2 Å². The van der Waals surface area contributed by atoms with Crippen molar-refractivity contribution in [1.29, 1.82) is 0 Å². The molecule has 0 spiro atoms. The van der Waals surface area contributed by atoms with Crippen molar-refractivity contribution in [1.82, 2.24) is 0 Å². The minimum absolute atomic E-state index is 0.125. The Bertz CT molecular complexity index is 547. The van der Waals surface area contributed by atoms with Gasteiger partial charge in [-0.25, -0.2) is 0 Å². The molecule has 19 heavy (non-hydrogen) atoms. The molecule has 0 bridgehead atoms. The van der Waals surface area contributed by atoms with Gasteiger partial charge in [-0.15, -0.1) is 0 Å². The fourth-order valence-electron chi connectivity index (χ4n) is 2.54. The summed E-state index contributed by atoms with van der Waals surface area (Å²) in [5.74, 6) is 0. The van der Waals surface area contributed by atoms with E-state index in [2.05, 4.69) is 26.0 Å². The van der Waals surface area contributed by atoms with Crippen molar-refractivity contribution >= 4 is 11.6 Å². The summed E-state index contributed by atoms with van der Waals surface area (Å²) >= 11 is 5.91. The quantitative estimate of drug-likeness (QED) is 0.888. The summed E-state index contributed by atoms with van der Waals surface area (Å²) in [6.07, 6.45) is 0.797. The zero-order valence-electron chi connectivity index (χ0n) is 11.4. The van der Waals surface area contributed by atoms with E-state index in [9.17, 15) is 5.11 Å². The third kappa shape index (κ3) is 3.17. The third-order valence-corrected chi connectivity index (χ3v) is 3.90. The molecule has 0 amide bonds. The molecule has 2 aromatic rings. The lowest BCUT2D eigenvalue weighted by molar-refractivity contribution is 0.204. The van der Waals surface area contributed by atoms with E-state index in [0.717, 1.165) is 11.4 Å². The zero-order valence-corrected chi connectivity index (χ0v) is 12.1. The van der Waals surface area contributed by atoms with Crippen LogP contribution in [0.3, 0.4) is 0 Å². The van der Waals surface area contributed by atoms with Crippen molar-refractivity contribution in [2.75, 3.05) is 6.61 Å². The maximum atomic E-state index is 9.85. The Morgan fingerprint density at radius 1 is 1.05 bits per heavy atom. The minimum atomic E-state index is -0.265. The predicted octanol–water partition coefficient (Wildman–Crippen LogP) is 4.14. The van der Waals surface area contributed by atoms with E-state index < -0.39 is 0 Å². The van der Waals surface area contributed by atoms with Crippen molar-refractivity contribution in [3.8, 4) is 0 Å². The Morgan fingerprint density at radius 2 is 1.68 bits per heavy atom. The molecule has 1 N–H and O–H groups in total. The highest BCUT2D eigenvalue weighted by Gasteiger charge is 2.27. The monoisotopic (exact) mass is 274 g/mol. The molecule has 1 unspecified atom stereocenters. The van der Waals surface area contributed by atoms with Crippen LogP contribution < -0.4 is 0 Å². The summed E-state index contributed by atoms with van der Waals surface area (Å²) in [6, 6.07) is 16.1. The summed E-state index contributed by atoms with van der Waals surface area (Å²) in [5, 5.41) is 10.6.